The average molecular weight is 288 g/mol. The minimum Gasteiger partial charge on any atom is -0.355 e. The zero-order valence-electron chi connectivity index (χ0n) is 11.3. The molecule has 0 aliphatic rings. The number of anilines is 1. The van der Waals surface area contributed by atoms with Gasteiger partial charge in [0.2, 0.25) is 5.28 Å². The van der Waals surface area contributed by atoms with E-state index in [1.54, 1.807) is 4.68 Å². The zero-order valence-corrected chi connectivity index (χ0v) is 12.0. The number of rotatable bonds is 3. The van der Waals surface area contributed by atoms with Crippen LogP contribution < -0.4 is 4.90 Å². The summed E-state index contributed by atoms with van der Waals surface area (Å²) >= 11 is 6.01. The van der Waals surface area contributed by atoms with E-state index in [9.17, 15) is 0 Å². The van der Waals surface area contributed by atoms with Crippen LogP contribution in [0, 0.1) is 0 Å². The first-order valence-corrected chi connectivity index (χ1v) is 6.62. The van der Waals surface area contributed by atoms with Gasteiger partial charge < -0.3 is 4.90 Å². The fraction of sp³-hybridized carbons (Fsp3) is 0.214. The maximum atomic E-state index is 6.01. The van der Waals surface area contributed by atoms with E-state index in [1.807, 2.05) is 55.7 Å². The predicted octanol–water partition coefficient (Wildman–Crippen LogP) is 2.65. The fourth-order valence-electron chi connectivity index (χ4n) is 2.23. The third-order valence-corrected chi connectivity index (χ3v) is 3.26. The van der Waals surface area contributed by atoms with Gasteiger partial charge in [0.1, 0.15) is 5.82 Å². The van der Waals surface area contributed by atoms with Crippen LogP contribution in [0.25, 0.3) is 10.9 Å². The summed E-state index contributed by atoms with van der Waals surface area (Å²) < 4.78 is 1.79. The Hall–Kier alpha value is -2.14. The van der Waals surface area contributed by atoms with Crippen molar-refractivity contribution in [1.29, 1.82) is 0 Å². The number of benzene rings is 1. The maximum absolute atomic E-state index is 6.01. The minimum absolute atomic E-state index is 0.261. The van der Waals surface area contributed by atoms with E-state index < -0.39 is 0 Å². The molecule has 102 valence electrons. The van der Waals surface area contributed by atoms with Crippen LogP contribution in [0.15, 0.2) is 36.7 Å². The average Bonchev–Trinajstić information content (AvgIpc) is 2.83. The van der Waals surface area contributed by atoms with Gasteiger partial charge in [0.15, 0.2) is 0 Å². The second kappa shape index (κ2) is 5.09. The van der Waals surface area contributed by atoms with E-state index >= 15 is 0 Å². The van der Waals surface area contributed by atoms with E-state index in [-0.39, 0.29) is 5.28 Å². The van der Waals surface area contributed by atoms with Gasteiger partial charge in [-0.3, -0.25) is 4.68 Å². The monoisotopic (exact) mass is 287 g/mol. The summed E-state index contributed by atoms with van der Waals surface area (Å²) in [6, 6.07) is 7.85. The van der Waals surface area contributed by atoms with Crippen molar-refractivity contribution in [3.05, 3.63) is 47.5 Å². The van der Waals surface area contributed by atoms with Gasteiger partial charge in [0, 0.05) is 37.8 Å². The summed E-state index contributed by atoms with van der Waals surface area (Å²) in [4.78, 5) is 10.6. The van der Waals surface area contributed by atoms with Crippen molar-refractivity contribution in [2.75, 3.05) is 11.9 Å². The molecule has 0 bridgehead atoms. The minimum atomic E-state index is 0.261. The number of halogens is 1. The molecule has 0 spiro atoms. The first kappa shape index (κ1) is 12.9. The van der Waals surface area contributed by atoms with Crippen LogP contribution in [-0.4, -0.2) is 26.8 Å². The van der Waals surface area contributed by atoms with Gasteiger partial charge in [-0.05, 0) is 23.7 Å². The lowest BCUT2D eigenvalue weighted by Gasteiger charge is -2.19. The Morgan fingerprint density at radius 1 is 1.25 bits per heavy atom. The van der Waals surface area contributed by atoms with Crippen molar-refractivity contribution in [1.82, 2.24) is 19.7 Å². The number of nitrogens with zero attached hydrogens (tertiary/aromatic N) is 5. The molecule has 1 aromatic carbocycles. The summed E-state index contributed by atoms with van der Waals surface area (Å²) in [6.45, 7) is 0.713. The molecule has 2 heterocycles. The molecule has 0 fully saturated rings. The molecule has 3 aromatic rings. The van der Waals surface area contributed by atoms with Crippen LogP contribution in [0.1, 0.15) is 5.56 Å². The largest absolute Gasteiger partial charge is 0.355 e. The van der Waals surface area contributed by atoms with Gasteiger partial charge in [-0.2, -0.15) is 10.1 Å². The van der Waals surface area contributed by atoms with Gasteiger partial charge in [-0.15, -0.1) is 0 Å². The van der Waals surface area contributed by atoms with Crippen LogP contribution in [0.5, 0.6) is 0 Å². The molecular formula is C14H14ClN5. The lowest BCUT2D eigenvalue weighted by atomic mass is 10.2. The van der Waals surface area contributed by atoms with Gasteiger partial charge in [0.05, 0.1) is 11.7 Å². The standard InChI is InChI=1S/C14H14ClN5/c1-19(8-10-7-16-20(2)9-10)13-11-5-3-4-6-12(11)17-14(15)18-13/h3-7,9H,8H2,1-2H3. The van der Waals surface area contributed by atoms with Crippen molar-refractivity contribution in [2.24, 2.45) is 7.05 Å². The highest BCUT2D eigenvalue weighted by atomic mass is 35.5. The molecule has 20 heavy (non-hydrogen) atoms. The molecule has 0 saturated heterocycles. The van der Waals surface area contributed by atoms with Crippen molar-refractivity contribution in [3.8, 4) is 0 Å². The third kappa shape index (κ3) is 2.44. The van der Waals surface area contributed by atoms with E-state index in [0.717, 1.165) is 22.3 Å². The predicted molar refractivity (Wildman–Crippen MR) is 79.9 cm³/mol. The van der Waals surface area contributed by atoms with Crippen molar-refractivity contribution in [3.63, 3.8) is 0 Å². The first-order valence-electron chi connectivity index (χ1n) is 6.24. The Morgan fingerprint density at radius 3 is 2.80 bits per heavy atom. The summed E-state index contributed by atoms with van der Waals surface area (Å²) in [6.07, 6.45) is 3.84. The molecular weight excluding hydrogens is 274 g/mol. The molecule has 0 aliphatic carbocycles. The number of fused-ring (bicyclic) bond motifs is 1. The van der Waals surface area contributed by atoms with Gasteiger partial charge in [0.25, 0.3) is 0 Å². The lowest BCUT2D eigenvalue weighted by Crippen LogP contribution is -2.18. The number of hydrogen-bond acceptors (Lipinski definition) is 4. The summed E-state index contributed by atoms with van der Waals surface area (Å²) in [5.41, 5.74) is 1.97. The third-order valence-electron chi connectivity index (χ3n) is 3.10. The van der Waals surface area contributed by atoms with Crippen LogP contribution in [0.3, 0.4) is 0 Å². The molecule has 0 radical (unpaired) electrons. The number of aryl methyl sites for hydroxylation is 1. The van der Waals surface area contributed by atoms with Crippen LogP contribution in [0.4, 0.5) is 5.82 Å². The molecule has 3 rings (SSSR count). The topological polar surface area (TPSA) is 46.8 Å². The molecule has 5 nitrogen and oxygen atoms in total. The molecule has 2 aromatic heterocycles. The number of hydrogen-bond donors (Lipinski definition) is 0. The molecule has 6 heteroatoms. The normalized spacial score (nSPS) is 10.9. The van der Waals surface area contributed by atoms with E-state index in [2.05, 4.69) is 15.1 Å². The SMILES string of the molecule is CN(Cc1cnn(C)c1)c1nc(Cl)nc2ccccc12. The van der Waals surface area contributed by atoms with E-state index in [4.69, 9.17) is 11.6 Å². The zero-order chi connectivity index (χ0) is 14.1. The molecule has 0 unspecified atom stereocenters. The van der Waals surface area contributed by atoms with Crippen LogP contribution in [-0.2, 0) is 13.6 Å². The van der Waals surface area contributed by atoms with Crippen LogP contribution >= 0.6 is 11.6 Å². The highest BCUT2D eigenvalue weighted by Gasteiger charge is 2.11. The second-order valence-corrected chi connectivity index (χ2v) is 5.05. The molecule has 0 atom stereocenters. The van der Waals surface area contributed by atoms with Crippen molar-refractivity contribution >= 4 is 28.3 Å². The Balaban J connectivity index is 2.00. The Bertz CT molecular complexity index is 752. The second-order valence-electron chi connectivity index (χ2n) is 4.71. The molecule has 0 saturated carbocycles. The smallest absolute Gasteiger partial charge is 0.224 e. The summed E-state index contributed by atoms with van der Waals surface area (Å²) in [5.74, 6) is 0.824. The lowest BCUT2D eigenvalue weighted by molar-refractivity contribution is 0.766. The highest BCUT2D eigenvalue weighted by Crippen LogP contribution is 2.25. The van der Waals surface area contributed by atoms with E-state index in [0.29, 0.717) is 6.54 Å². The molecule has 0 N–H and O–H groups in total. The Labute approximate surface area is 121 Å². The maximum Gasteiger partial charge on any atom is 0.224 e. The Morgan fingerprint density at radius 2 is 2.05 bits per heavy atom. The van der Waals surface area contributed by atoms with E-state index in [1.165, 1.54) is 0 Å². The molecule has 0 amide bonds. The number of aromatic nitrogens is 4. The highest BCUT2D eigenvalue weighted by molar-refractivity contribution is 6.28. The van der Waals surface area contributed by atoms with Crippen molar-refractivity contribution < 1.29 is 0 Å². The van der Waals surface area contributed by atoms with Gasteiger partial charge >= 0.3 is 0 Å². The summed E-state index contributed by atoms with van der Waals surface area (Å²) in [5, 5.41) is 5.42. The van der Waals surface area contributed by atoms with Crippen molar-refractivity contribution in [2.45, 2.75) is 6.54 Å². The number of para-hydroxylation sites is 1. The first-order chi connectivity index (χ1) is 9.63. The summed E-state index contributed by atoms with van der Waals surface area (Å²) in [7, 11) is 3.89. The van der Waals surface area contributed by atoms with Crippen LogP contribution in [0.2, 0.25) is 5.28 Å². The van der Waals surface area contributed by atoms with Gasteiger partial charge in [-0.1, -0.05) is 12.1 Å². The fourth-order valence-corrected chi connectivity index (χ4v) is 2.40. The molecule has 0 aliphatic heterocycles. The Kier molecular flexibility index (Phi) is 3.28. The quantitative estimate of drug-likeness (QED) is 0.695. The van der Waals surface area contributed by atoms with Gasteiger partial charge in [-0.25, -0.2) is 4.98 Å².